The normalized spacial score (nSPS) is 11.9. The zero-order valence-corrected chi connectivity index (χ0v) is 10.2. The molecule has 0 spiro atoms. The average molecular weight is 317 g/mol. The number of ether oxygens (including phenoxy) is 2. The first-order valence-electron chi connectivity index (χ1n) is 5.33. The summed E-state index contributed by atoms with van der Waals surface area (Å²) in [4.78, 5) is 10.3. The standard InChI is InChI=1S/C11H9F6NO3/c12-10(13,14)4-20-8-1-7(18-6-19)2-9(3-8)21-5-11(15,16)17/h1-3,6H,4-5H2,(H,18,19). The summed E-state index contributed by atoms with van der Waals surface area (Å²) in [6.45, 7) is -3.26. The molecule has 118 valence electrons. The Morgan fingerprint density at radius 2 is 1.33 bits per heavy atom. The second-order valence-electron chi connectivity index (χ2n) is 3.76. The van der Waals surface area contributed by atoms with Crippen molar-refractivity contribution in [2.45, 2.75) is 12.4 Å². The number of alkyl halides is 6. The van der Waals surface area contributed by atoms with Gasteiger partial charge < -0.3 is 14.8 Å². The van der Waals surface area contributed by atoms with Gasteiger partial charge in [-0.05, 0) is 0 Å². The van der Waals surface area contributed by atoms with Gasteiger partial charge in [0.25, 0.3) is 0 Å². The molecule has 4 nitrogen and oxygen atoms in total. The molecule has 0 aliphatic heterocycles. The molecule has 0 aliphatic rings. The fourth-order valence-electron chi connectivity index (χ4n) is 1.22. The van der Waals surface area contributed by atoms with Gasteiger partial charge in [-0.15, -0.1) is 0 Å². The van der Waals surface area contributed by atoms with E-state index < -0.39 is 37.1 Å². The molecule has 1 amide bonds. The number of hydrogen-bond acceptors (Lipinski definition) is 3. The lowest BCUT2D eigenvalue weighted by Crippen LogP contribution is -2.20. The van der Waals surface area contributed by atoms with Crippen LogP contribution in [0.4, 0.5) is 32.0 Å². The minimum Gasteiger partial charge on any atom is -0.484 e. The molecule has 0 atom stereocenters. The average Bonchev–Trinajstić information content (AvgIpc) is 2.33. The second-order valence-corrected chi connectivity index (χ2v) is 3.76. The largest absolute Gasteiger partial charge is 0.484 e. The Kier molecular flexibility index (Phi) is 5.28. The van der Waals surface area contributed by atoms with Gasteiger partial charge in [0.05, 0.1) is 0 Å². The minimum absolute atomic E-state index is 0.0677. The number of carbonyl (C=O) groups excluding carboxylic acids is 1. The number of carbonyl (C=O) groups is 1. The summed E-state index contributed by atoms with van der Waals surface area (Å²) in [5.74, 6) is -0.785. The topological polar surface area (TPSA) is 47.6 Å². The summed E-state index contributed by atoms with van der Waals surface area (Å²) in [5, 5.41) is 2.08. The molecular formula is C11H9F6NO3. The molecular weight excluding hydrogens is 308 g/mol. The zero-order chi connectivity index (χ0) is 16.1. The fraction of sp³-hybridized carbons (Fsp3) is 0.364. The summed E-state index contributed by atoms with van der Waals surface area (Å²) in [6.07, 6.45) is -9.02. The molecule has 0 aliphatic carbocycles. The molecule has 1 N–H and O–H groups in total. The van der Waals surface area contributed by atoms with E-state index in [2.05, 4.69) is 14.8 Å². The van der Waals surface area contributed by atoms with Gasteiger partial charge in [0.15, 0.2) is 13.2 Å². The van der Waals surface area contributed by atoms with Crippen LogP contribution in [0.15, 0.2) is 18.2 Å². The van der Waals surface area contributed by atoms with E-state index in [-0.39, 0.29) is 12.1 Å². The molecule has 0 saturated heterocycles. The van der Waals surface area contributed by atoms with Crippen LogP contribution in [0.2, 0.25) is 0 Å². The first-order valence-corrected chi connectivity index (χ1v) is 5.33. The van der Waals surface area contributed by atoms with E-state index in [0.717, 1.165) is 18.2 Å². The van der Waals surface area contributed by atoms with Crippen molar-refractivity contribution < 1.29 is 40.6 Å². The molecule has 1 aromatic carbocycles. The van der Waals surface area contributed by atoms with E-state index in [1.807, 2.05) is 0 Å². The minimum atomic E-state index is -4.61. The Balaban J connectivity index is 2.86. The van der Waals surface area contributed by atoms with Gasteiger partial charge in [-0.3, -0.25) is 4.79 Å². The number of nitrogens with one attached hydrogen (secondary N) is 1. The Hall–Kier alpha value is -2.13. The molecule has 0 radical (unpaired) electrons. The number of benzene rings is 1. The van der Waals surface area contributed by atoms with Gasteiger partial charge in [0.1, 0.15) is 11.5 Å². The van der Waals surface area contributed by atoms with Crippen molar-refractivity contribution in [3.05, 3.63) is 18.2 Å². The SMILES string of the molecule is O=CNc1cc(OCC(F)(F)F)cc(OCC(F)(F)F)c1. The number of halogens is 6. The van der Waals surface area contributed by atoms with Crippen molar-refractivity contribution in [2.24, 2.45) is 0 Å². The van der Waals surface area contributed by atoms with Gasteiger partial charge in [-0.2, -0.15) is 26.3 Å². The molecule has 0 aromatic heterocycles. The lowest BCUT2D eigenvalue weighted by atomic mass is 10.3. The third kappa shape index (κ3) is 7.28. The van der Waals surface area contributed by atoms with Crippen LogP contribution in [0.3, 0.4) is 0 Å². The van der Waals surface area contributed by atoms with E-state index in [1.54, 1.807) is 0 Å². The highest BCUT2D eigenvalue weighted by Crippen LogP contribution is 2.28. The smallest absolute Gasteiger partial charge is 0.422 e. The Morgan fingerprint density at radius 3 is 1.67 bits per heavy atom. The maximum Gasteiger partial charge on any atom is 0.422 e. The van der Waals surface area contributed by atoms with Gasteiger partial charge in [-0.1, -0.05) is 0 Å². The summed E-state index contributed by atoms with van der Waals surface area (Å²) in [6, 6.07) is 2.88. The van der Waals surface area contributed by atoms with E-state index in [4.69, 9.17) is 0 Å². The lowest BCUT2D eigenvalue weighted by molar-refractivity contribution is -0.153. The van der Waals surface area contributed by atoms with E-state index in [9.17, 15) is 31.1 Å². The molecule has 1 rings (SSSR count). The molecule has 1 aromatic rings. The third-order valence-corrected chi connectivity index (χ3v) is 1.91. The first kappa shape index (κ1) is 16.9. The van der Waals surface area contributed by atoms with Crippen LogP contribution in [0, 0.1) is 0 Å². The van der Waals surface area contributed by atoms with E-state index >= 15 is 0 Å². The number of amides is 1. The summed E-state index contributed by atoms with van der Waals surface area (Å²) in [7, 11) is 0. The van der Waals surface area contributed by atoms with Crippen LogP contribution in [0.5, 0.6) is 11.5 Å². The van der Waals surface area contributed by atoms with Crippen LogP contribution < -0.4 is 14.8 Å². The van der Waals surface area contributed by atoms with E-state index in [0.29, 0.717) is 0 Å². The first-order chi connectivity index (χ1) is 9.59. The third-order valence-electron chi connectivity index (χ3n) is 1.91. The van der Waals surface area contributed by atoms with Gasteiger partial charge in [0, 0.05) is 23.9 Å². The molecule has 10 heteroatoms. The summed E-state index contributed by atoms with van der Waals surface area (Å²) >= 11 is 0. The number of hydrogen-bond donors (Lipinski definition) is 1. The van der Waals surface area contributed by atoms with Crippen molar-refractivity contribution in [3.8, 4) is 11.5 Å². The quantitative estimate of drug-likeness (QED) is 0.648. The predicted octanol–water partition coefficient (Wildman–Crippen LogP) is 3.14. The highest BCUT2D eigenvalue weighted by molar-refractivity contribution is 5.73. The maximum atomic E-state index is 12.0. The lowest BCUT2D eigenvalue weighted by Gasteiger charge is -2.14. The Labute approximate surface area is 114 Å². The maximum absolute atomic E-state index is 12.0. The van der Waals surface area contributed by atoms with Crippen molar-refractivity contribution in [1.82, 2.24) is 0 Å². The van der Waals surface area contributed by atoms with Crippen molar-refractivity contribution in [3.63, 3.8) is 0 Å². The number of rotatable bonds is 6. The van der Waals surface area contributed by atoms with Crippen molar-refractivity contribution >= 4 is 12.1 Å². The molecule has 0 unspecified atom stereocenters. The molecule has 0 fully saturated rings. The predicted molar refractivity (Wildman–Crippen MR) is 59.2 cm³/mol. The van der Waals surface area contributed by atoms with Crippen LogP contribution in [-0.2, 0) is 4.79 Å². The molecule has 21 heavy (non-hydrogen) atoms. The Morgan fingerprint density at radius 1 is 0.905 bits per heavy atom. The van der Waals surface area contributed by atoms with Crippen LogP contribution >= 0.6 is 0 Å². The van der Waals surface area contributed by atoms with Gasteiger partial charge in [0.2, 0.25) is 6.41 Å². The highest BCUT2D eigenvalue weighted by Gasteiger charge is 2.29. The van der Waals surface area contributed by atoms with Crippen LogP contribution in [0.1, 0.15) is 0 Å². The molecule has 0 bridgehead atoms. The molecule has 0 heterocycles. The van der Waals surface area contributed by atoms with Crippen molar-refractivity contribution in [1.29, 1.82) is 0 Å². The van der Waals surface area contributed by atoms with Gasteiger partial charge >= 0.3 is 12.4 Å². The Bertz CT molecular complexity index is 450. The zero-order valence-electron chi connectivity index (χ0n) is 10.2. The number of anilines is 1. The summed E-state index contributed by atoms with van der Waals surface area (Å²) < 4.78 is 80.9. The molecule has 0 saturated carbocycles. The van der Waals surface area contributed by atoms with E-state index in [1.165, 1.54) is 0 Å². The van der Waals surface area contributed by atoms with Crippen molar-refractivity contribution in [2.75, 3.05) is 18.5 Å². The monoisotopic (exact) mass is 317 g/mol. The highest BCUT2D eigenvalue weighted by atomic mass is 19.4. The van der Waals surface area contributed by atoms with Crippen LogP contribution in [0.25, 0.3) is 0 Å². The van der Waals surface area contributed by atoms with Gasteiger partial charge in [-0.25, -0.2) is 0 Å². The fourth-order valence-corrected chi connectivity index (χ4v) is 1.22. The summed E-state index contributed by atoms with van der Waals surface area (Å²) in [5.41, 5.74) is -0.0677. The van der Waals surface area contributed by atoms with Crippen LogP contribution in [-0.4, -0.2) is 32.0 Å². The second kappa shape index (κ2) is 6.55.